The van der Waals surface area contributed by atoms with E-state index in [-0.39, 0.29) is 11.5 Å². The van der Waals surface area contributed by atoms with Gasteiger partial charge < -0.3 is 5.73 Å². The molecule has 4 heteroatoms. The zero-order valence-corrected chi connectivity index (χ0v) is 10.3. The quantitative estimate of drug-likeness (QED) is 0.832. The number of nitrogens with two attached hydrogens (primary N) is 1. The van der Waals surface area contributed by atoms with E-state index in [4.69, 9.17) is 5.73 Å². The third kappa shape index (κ3) is 4.38. The van der Waals surface area contributed by atoms with Gasteiger partial charge in [0.25, 0.3) is 0 Å². The molecule has 96 valence electrons. The highest BCUT2D eigenvalue weighted by Gasteiger charge is 2.30. The Morgan fingerprint density at radius 1 is 1.06 bits per heavy atom. The van der Waals surface area contributed by atoms with E-state index in [1.807, 2.05) is 0 Å². The van der Waals surface area contributed by atoms with Crippen LogP contribution in [0.15, 0.2) is 24.3 Å². The predicted octanol–water partition coefficient (Wildman–Crippen LogP) is 4.14. The van der Waals surface area contributed by atoms with E-state index in [0.717, 1.165) is 24.1 Å². The van der Waals surface area contributed by atoms with Crippen molar-refractivity contribution in [2.24, 2.45) is 11.1 Å². The van der Waals surface area contributed by atoms with Crippen molar-refractivity contribution in [1.82, 2.24) is 0 Å². The zero-order valence-electron chi connectivity index (χ0n) is 10.3. The van der Waals surface area contributed by atoms with Crippen molar-refractivity contribution < 1.29 is 13.2 Å². The number of hydrogen-bond donors (Lipinski definition) is 1. The topological polar surface area (TPSA) is 26.0 Å². The Morgan fingerprint density at radius 3 is 1.88 bits per heavy atom. The van der Waals surface area contributed by atoms with Crippen molar-refractivity contribution >= 4 is 0 Å². The summed E-state index contributed by atoms with van der Waals surface area (Å²) in [5.41, 5.74) is 6.13. The Bertz CT molecular complexity index is 360. The summed E-state index contributed by atoms with van der Waals surface area (Å²) in [7, 11) is 0. The molecule has 1 atom stereocenters. The highest BCUT2D eigenvalue weighted by atomic mass is 19.4. The van der Waals surface area contributed by atoms with Crippen molar-refractivity contribution in [3.63, 3.8) is 0 Å². The van der Waals surface area contributed by atoms with E-state index >= 15 is 0 Å². The first-order valence-corrected chi connectivity index (χ1v) is 5.52. The van der Waals surface area contributed by atoms with Crippen LogP contribution in [-0.4, -0.2) is 0 Å². The molecule has 1 aromatic carbocycles. The molecule has 17 heavy (non-hydrogen) atoms. The molecule has 0 bridgehead atoms. The van der Waals surface area contributed by atoms with Crippen LogP contribution in [0.3, 0.4) is 0 Å². The molecule has 0 aliphatic carbocycles. The van der Waals surface area contributed by atoms with Crippen molar-refractivity contribution in [3.05, 3.63) is 35.4 Å². The third-order valence-corrected chi connectivity index (χ3v) is 2.50. The minimum atomic E-state index is -4.29. The number of halogens is 3. The van der Waals surface area contributed by atoms with Crippen LogP contribution >= 0.6 is 0 Å². The smallest absolute Gasteiger partial charge is 0.324 e. The molecule has 0 saturated heterocycles. The highest BCUT2D eigenvalue weighted by molar-refractivity contribution is 5.26. The molecular formula is C13H18F3N. The van der Waals surface area contributed by atoms with E-state index in [1.54, 1.807) is 0 Å². The fraction of sp³-hybridized carbons (Fsp3) is 0.538. The molecule has 0 aliphatic heterocycles. The van der Waals surface area contributed by atoms with E-state index in [2.05, 4.69) is 20.8 Å². The Balaban J connectivity index is 2.81. The maximum Gasteiger partial charge on any atom is 0.416 e. The number of hydrogen-bond acceptors (Lipinski definition) is 1. The van der Waals surface area contributed by atoms with Gasteiger partial charge in [-0.3, -0.25) is 0 Å². The molecule has 0 radical (unpaired) electrons. The molecule has 0 aromatic heterocycles. The molecule has 1 rings (SSSR count). The average Bonchev–Trinajstić information content (AvgIpc) is 2.14. The molecule has 1 nitrogen and oxygen atoms in total. The maximum absolute atomic E-state index is 12.4. The molecule has 1 aromatic rings. The molecule has 0 amide bonds. The predicted molar refractivity (Wildman–Crippen MR) is 62.4 cm³/mol. The Kier molecular flexibility index (Phi) is 3.87. The third-order valence-electron chi connectivity index (χ3n) is 2.50. The summed E-state index contributed by atoms with van der Waals surface area (Å²) in [6.07, 6.45) is -3.55. The minimum Gasteiger partial charge on any atom is -0.324 e. The second-order valence-electron chi connectivity index (χ2n) is 5.49. The van der Waals surface area contributed by atoms with E-state index in [0.29, 0.717) is 0 Å². The van der Waals surface area contributed by atoms with Crippen molar-refractivity contribution in [2.45, 2.75) is 39.4 Å². The van der Waals surface area contributed by atoms with Crippen LogP contribution in [0.4, 0.5) is 13.2 Å². The second kappa shape index (κ2) is 4.69. The number of benzene rings is 1. The Hall–Kier alpha value is -1.03. The maximum atomic E-state index is 12.4. The van der Waals surface area contributed by atoms with E-state index < -0.39 is 11.7 Å². The molecule has 1 unspecified atom stereocenters. The normalized spacial score (nSPS) is 14.8. The van der Waals surface area contributed by atoms with Gasteiger partial charge in [0.1, 0.15) is 0 Å². The standard InChI is InChI=1S/C13H18F3N/c1-12(2,3)8-11(17)9-4-6-10(7-5-9)13(14,15)16/h4-7,11H,8,17H2,1-3H3. The van der Waals surface area contributed by atoms with Crippen molar-refractivity contribution in [2.75, 3.05) is 0 Å². The molecule has 2 N–H and O–H groups in total. The average molecular weight is 245 g/mol. The van der Waals surface area contributed by atoms with E-state index in [9.17, 15) is 13.2 Å². The zero-order chi connectivity index (χ0) is 13.3. The largest absolute Gasteiger partial charge is 0.416 e. The van der Waals surface area contributed by atoms with Gasteiger partial charge in [-0.2, -0.15) is 13.2 Å². The van der Waals surface area contributed by atoms with Crippen LogP contribution in [0.1, 0.15) is 44.4 Å². The molecule has 0 spiro atoms. The lowest BCUT2D eigenvalue weighted by atomic mass is 9.86. The van der Waals surface area contributed by atoms with Gasteiger partial charge >= 0.3 is 6.18 Å². The minimum absolute atomic E-state index is 0.0577. The van der Waals surface area contributed by atoms with Gasteiger partial charge in [-0.25, -0.2) is 0 Å². The Morgan fingerprint density at radius 2 is 1.53 bits per heavy atom. The van der Waals surface area contributed by atoms with Crippen LogP contribution in [0.5, 0.6) is 0 Å². The summed E-state index contributed by atoms with van der Waals surface area (Å²) in [5.74, 6) is 0. The molecular weight excluding hydrogens is 227 g/mol. The molecule has 0 heterocycles. The van der Waals surface area contributed by atoms with Gasteiger partial charge in [-0.1, -0.05) is 32.9 Å². The lowest BCUT2D eigenvalue weighted by Crippen LogP contribution is -2.18. The van der Waals surface area contributed by atoms with Crippen LogP contribution in [0.25, 0.3) is 0 Å². The summed E-state index contributed by atoms with van der Waals surface area (Å²) in [4.78, 5) is 0. The SMILES string of the molecule is CC(C)(C)CC(N)c1ccc(C(F)(F)F)cc1. The fourth-order valence-corrected chi connectivity index (χ4v) is 1.70. The summed E-state index contributed by atoms with van der Waals surface area (Å²) in [5, 5.41) is 0. The van der Waals surface area contributed by atoms with Gasteiger partial charge in [0.2, 0.25) is 0 Å². The van der Waals surface area contributed by atoms with Crippen LogP contribution in [0, 0.1) is 5.41 Å². The van der Waals surface area contributed by atoms with Gasteiger partial charge in [-0.15, -0.1) is 0 Å². The van der Waals surface area contributed by atoms with Crippen molar-refractivity contribution in [3.8, 4) is 0 Å². The Labute approximate surface area is 99.8 Å². The second-order valence-corrected chi connectivity index (χ2v) is 5.49. The summed E-state index contributed by atoms with van der Waals surface area (Å²) in [6, 6.07) is 4.85. The summed E-state index contributed by atoms with van der Waals surface area (Å²) < 4.78 is 37.1. The first-order chi connectivity index (χ1) is 7.59. The molecule has 0 fully saturated rings. The van der Waals surface area contributed by atoms with Crippen LogP contribution in [-0.2, 0) is 6.18 Å². The lowest BCUT2D eigenvalue weighted by Gasteiger charge is -2.23. The van der Waals surface area contributed by atoms with Crippen LogP contribution in [0.2, 0.25) is 0 Å². The summed E-state index contributed by atoms with van der Waals surface area (Å²) >= 11 is 0. The van der Waals surface area contributed by atoms with E-state index in [1.165, 1.54) is 12.1 Å². The molecule has 0 aliphatic rings. The van der Waals surface area contributed by atoms with Gasteiger partial charge in [0.15, 0.2) is 0 Å². The first kappa shape index (κ1) is 14.0. The van der Waals surface area contributed by atoms with Crippen molar-refractivity contribution in [1.29, 1.82) is 0 Å². The van der Waals surface area contributed by atoms with Gasteiger partial charge in [-0.05, 0) is 29.5 Å². The van der Waals surface area contributed by atoms with Gasteiger partial charge in [0, 0.05) is 6.04 Å². The van der Waals surface area contributed by atoms with Crippen LogP contribution < -0.4 is 5.73 Å². The highest BCUT2D eigenvalue weighted by Crippen LogP contribution is 2.31. The van der Waals surface area contributed by atoms with Gasteiger partial charge in [0.05, 0.1) is 5.56 Å². The lowest BCUT2D eigenvalue weighted by molar-refractivity contribution is -0.137. The monoisotopic (exact) mass is 245 g/mol. The number of rotatable bonds is 2. The number of alkyl halides is 3. The fourth-order valence-electron chi connectivity index (χ4n) is 1.70. The molecule has 0 saturated carbocycles. The first-order valence-electron chi connectivity index (χ1n) is 5.52. The summed E-state index contributed by atoms with van der Waals surface area (Å²) in [6.45, 7) is 6.16.